The van der Waals surface area contributed by atoms with Crippen molar-refractivity contribution in [2.24, 2.45) is 0 Å². The number of nitrogens with one attached hydrogen (secondary N) is 1. The van der Waals surface area contributed by atoms with Gasteiger partial charge >= 0.3 is 0 Å². The highest BCUT2D eigenvalue weighted by Crippen LogP contribution is 2.26. The Kier molecular flexibility index (Phi) is 5.40. The van der Waals surface area contributed by atoms with Crippen LogP contribution in [0.3, 0.4) is 0 Å². The molecule has 2 aromatic rings. The maximum absolute atomic E-state index is 12.2. The topological polar surface area (TPSA) is 29.1 Å². The molecule has 0 aromatic heterocycles. The SMILES string of the molecule is CCC(C)c1ccccc1NC(=O)Cc1ccc(Cl)cc1. The van der Waals surface area contributed by atoms with E-state index in [1.54, 1.807) is 12.1 Å². The van der Waals surface area contributed by atoms with Gasteiger partial charge in [-0.05, 0) is 41.7 Å². The Labute approximate surface area is 131 Å². The van der Waals surface area contributed by atoms with E-state index < -0.39 is 0 Å². The van der Waals surface area contributed by atoms with Gasteiger partial charge < -0.3 is 5.32 Å². The summed E-state index contributed by atoms with van der Waals surface area (Å²) in [6, 6.07) is 15.4. The van der Waals surface area contributed by atoms with Gasteiger partial charge in [0.25, 0.3) is 0 Å². The van der Waals surface area contributed by atoms with Gasteiger partial charge in [-0.3, -0.25) is 4.79 Å². The normalized spacial score (nSPS) is 12.0. The van der Waals surface area contributed by atoms with E-state index in [0.29, 0.717) is 17.4 Å². The third kappa shape index (κ3) is 4.33. The number of carbonyl (C=O) groups excluding carboxylic acids is 1. The van der Waals surface area contributed by atoms with Crippen LogP contribution in [-0.2, 0) is 11.2 Å². The van der Waals surface area contributed by atoms with Crippen LogP contribution in [0.5, 0.6) is 0 Å². The number of benzene rings is 2. The van der Waals surface area contributed by atoms with E-state index in [1.165, 1.54) is 5.56 Å². The molecule has 0 spiro atoms. The number of hydrogen-bond acceptors (Lipinski definition) is 1. The maximum Gasteiger partial charge on any atom is 0.228 e. The van der Waals surface area contributed by atoms with Crippen LogP contribution in [0.2, 0.25) is 5.02 Å². The lowest BCUT2D eigenvalue weighted by molar-refractivity contribution is -0.115. The number of rotatable bonds is 5. The van der Waals surface area contributed by atoms with Crippen LogP contribution in [-0.4, -0.2) is 5.91 Å². The number of hydrogen-bond donors (Lipinski definition) is 1. The summed E-state index contributed by atoms with van der Waals surface area (Å²) in [5.41, 5.74) is 3.05. The molecule has 1 N–H and O–H groups in total. The molecule has 0 aliphatic heterocycles. The van der Waals surface area contributed by atoms with Crippen LogP contribution in [0.25, 0.3) is 0 Å². The minimum atomic E-state index is -0.00641. The quantitative estimate of drug-likeness (QED) is 0.824. The van der Waals surface area contributed by atoms with Crippen LogP contribution in [0, 0.1) is 0 Å². The van der Waals surface area contributed by atoms with E-state index in [-0.39, 0.29) is 5.91 Å². The van der Waals surface area contributed by atoms with Gasteiger partial charge in [-0.1, -0.05) is 55.8 Å². The standard InChI is InChI=1S/C18H20ClNO/c1-3-13(2)16-6-4-5-7-17(16)20-18(21)12-14-8-10-15(19)11-9-14/h4-11,13H,3,12H2,1-2H3,(H,20,21). The monoisotopic (exact) mass is 301 g/mol. The molecular formula is C18H20ClNO. The van der Waals surface area contributed by atoms with Crippen LogP contribution < -0.4 is 5.32 Å². The lowest BCUT2D eigenvalue weighted by Crippen LogP contribution is -2.16. The van der Waals surface area contributed by atoms with Crippen molar-refractivity contribution in [1.29, 1.82) is 0 Å². The molecule has 0 aliphatic carbocycles. The second kappa shape index (κ2) is 7.28. The zero-order valence-electron chi connectivity index (χ0n) is 12.4. The summed E-state index contributed by atoms with van der Waals surface area (Å²) in [5.74, 6) is 0.421. The minimum absolute atomic E-state index is 0.00641. The lowest BCUT2D eigenvalue weighted by atomic mass is 9.97. The maximum atomic E-state index is 12.2. The van der Waals surface area contributed by atoms with Crippen LogP contribution >= 0.6 is 11.6 Å². The van der Waals surface area contributed by atoms with Gasteiger partial charge in [0.2, 0.25) is 5.91 Å². The molecule has 2 nitrogen and oxygen atoms in total. The summed E-state index contributed by atoms with van der Waals surface area (Å²) in [7, 11) is 0. The molecule has 0 saturated heterocycles. The fourth-order valence-corrected chi connectivity index (χ4v) is 2.37. The number of anilines is 1. The minimum Gasteiger partial charge on any atom is -0.326 e. The van der Waals surface area contributed by atoms with Crippen molar-refractivity contribution >= 4 is 23.2 Å². The number of amides is 1. The molecule has 3 heteroatoms. The third-order valence-electron chi connectivity index (χ3n) is 3.66. The molecule has 110 valence electrons. The van der Waals surface area contributed by atoms with Crippen molar-refractivity contribution in [3.8, 4) is 0 Å². The molecule has 1 atom stereocenters. The van der Waals surface area contributed by atoms with Crippen molar-refractivity contribution < 1.29 is 4.79 Å². The van der Waals surface area contributed by atoms with Gasteiger partial charge in [-0.2, -0.15) is 0 Å². The molecule has 0 radical (unpaired) electrons. The number of carbonyl (C=O) groups is 1. The first kappa shape index (κ1) is 15.6. The Balaban J connectivity index is 2.07. The van der Waals surface area contributed by atoms with Gasteiger partial charge in [0, 0.05) is 10.7 Å². The highest BCUT2D eigenvalue weighted by Gasteiger charge is 2.11. The molecule has 2 aromatic carbocycles. The zero-order chi connectivity index (χ0) is 15.2. The van der Waals surface area contributed by atoms with Crippen LogP contribution in [0.4, 0.5) is 5.69 Å². The van der Waals surface area contributed by atoms with Crippen molar-refractivity contribution in [1.82, 2.24) is 0 Å². The summed E-state index contributed by atoms with van der Waals surface area (Å²) in [4.78, 5) is 12.2. The average molecular weight is 302 g/mol. The summed E-state index contributed by atoms with van der Waals surface area (Å²) < 4.78 is 0. The summed E-state index contributed by atoms with van der Waals surface area (Å²) in [5, 5.41) is 3.70. The predicted octanol–water partition coefficient (Wildman–Crippen LogP) is 5.03. The highest BCUT2D eigenvalue weighted by molar-refractivity contribution is 6.30. The van der Waals surface area contributed by atoms with Crippen molar-refractivity contribution in [3.05, 3.63) is 64.7 Å². The molecule has 0 heterocycles. The number of halogens is 1. The smallest absolute Gasteiger partial charge is 0.228 e. The van der Waals surface area contributed by atoms with E-state index in [4.69, 9.17) is 11.6 Å². The second-order valence-corrected chi connectivity index (χ2v) is 5.68. The highest BCUT2D eigenvalue weighted by atomic mass is 35.5. The molecule has 21 heavy (non-hydrogen) atoms. The Morgan fingerprint density at radius 3 is 2.48 bits per heavy atom. The van der Waals surface area contributed by atoms with Crippen molar-refractivity contribution in [3.63, 3.8) is 0 Å². The second-order valence-electron chi connectivity index (χ2n) is 5.25. The van der Waals surface area contributed by atoms with Crippen molar-refractivity contribution in [2.45, 2.75) is 32.6 Å². The Morgan fingerprint density at radius 2 is 1.81 bits per heavy atom. The summed E-state index contributed by atoms with van der Waals surface area (Å²) >= 11 is 5.85. The fourth-order valence-electron chi connectivity index (χ4n) is 2.24. The van der Waals surface area contributed by atoms with Gasteiger partial charge in [0.05, 0.1) is 6.42 Å². The predicted molar refractivity (Wildman–Crippen MR) is 88.9 cm³/mol. The van der Waals surface area contributed by atoms with E-state index in [1.807, 2.05) is 30.3 Å². The number of para-hydroxylation sites is 1. The summed E-state index contributed by atoms with van der Waals surface area (Å²) in [6.07, 6.45) is 1.40. The molecule has 0 saturated carbocycles. The Hall–Kier alpha value is -1.80. The van der Waals surface area contributed by atoms with Crippen LogP contribution in [0.15, 0.2) is 48.5 Å². The first-order chi connectivity index (χ1) is 10.1. The van der Waals surface area contributed by atoms with E-state index >= 15 is 0 Å². The van der Waals surface area contributed by atoms with Gasteiger partial charge in [-0.25, -0.2) is 0 Å². The molecule has 1 unspecified atom stereocenters. The Morgan fingerprint density at radius 1 is 1.14 bits per heavy atom. The largest absolute Gasteiger partial charge is 0.326 e. The average Bonchev–Trinajstić information content (AvgIpc) is 2.49. The lowest BCUT2D eigenvalue weighted by Gasteiger charge is -2.15. The van der Waals surface area contributed by atoms with E-state index in [2.05, 4.69) is 25.2 Å². The summed E-state index contributed by atoms with van der Waals surface area (Å²) in [6.45, 7) is 4.32. The Bertz CT molecular complexity index is 607. The molecule has 0 aliphatic rings. The molecule has 1 amide bonds. The van der Waals surface area contributed by atoms with Gasteiger partial charge in [-0.15, -0.1) is 0 Å². The molecule has 2 rings (SSSR count). The first-order valence-corrected chi connectivity index (χ1v) is 7.61. The third-order valence-corrected chi connectivity index (χ3v) is 3.91. The molecule has 0 fully saturated rings. The van der Waals surface area contributed by atoms with Gasteiger partial charge in [0.1, 0.15) is 0 Å². The van der Waals surface area contributed by atoms with E-state index in [9.17, 15) is 4.79 Å². The first-order valence-electron chi connectivity index (χ1n) is 7.23. The molecular weight excluding hydrogens is 282 g/mol. The zero-order valence-corrected chi connectivity index (χ0v) is 13.2. The van der Waals surface area contributed by atoms with Crippen molar-refractivity contribution in [2.75, 3.05) is 5.32 Å². The van der Waals surface area contributed by atoms with Crippen LogP contribution in [0.1, 0.15) is 37.3 Å². The molecule has 0 bridgehead atoms. The van der Waals surface area contributed by atoms with Gasteiger partial charge in [0.15, 0.2) is 0 Å². The van der Waals surface area contributed by atoms with E-state index in [0.717, 1.165) is 17.7 Å². The fraction of sp³-hybridized carbons (Fsp3) is 0.278.